The number of hydrogen-bond acceptors (Lipinski definition) is 3. The van der Waals surface area contributed by atoms with Gasteiger partial charge in [0, 0.05) is 11.6 Å². The Labute approximate surface area is 141 Å². The number of rotatable bonds is 4. The second kappa shape index (κ2) is 7.45. The minimum absolute atomic E-state index is 0.288. The molecule has 1 heterocycles. The van der Waals surface area contributed by atoms with Crippen LogP contribution >= 0.6 is 0 Å². The van der Waals surface area contributed by atoms with Crippen LogP contribution in [0.15, 0.2) is 48.5 Å². The maximum atomic E-state index is 13.1. The zero-order chi connectivity index (χ0) is 16.9. The summed E-state index contributed by atoms with van der Waals surface area (Å²) in [5.74, 6) is -0.288. The predicted octanol–water partition coefficient (Wildman–Crippen LogP) is 4.14. The van der Waals surface area contributed by atoms with Gasteiger partial charge >= 0.3 is 6.09 Å². The molecule has 1 saturated heterocycles. The first-order valence-electron chi connectivity index (χ1n) is 8.12. The molecule has 1 atom stereocenters. The van der Waals surface area contributed by atoms with E-state index in [4.69, 9.17) is 4.74 Å². The topological polar surface area (TPSA) is 41.6 Å². The van der Waals surface area contributed by atoms with Crippen molar-refractivity contribution in [2.75, 3.05) is 25.5 Å². The van der Waals surface area contributed by atoms with E-state index in [0.29, 0.717) is 18.3 Å². The monoisotopic (exact) mass is 328 g/mol. The summed E-state index contributed by atoms with van der Waals surface area (Å²) < 4.78 is 18.5. The number of nitrogens with zero attached hydrogens (tertiary/aromatic N) is 1. The normalized spacial score (nSPS) is 17.7. The number of carbonyl (C=O) groups excluding carboxylic acids is 1. The fraction of sp³-hybridized carbons (Fsp3) is 0.316. The Balaban J connectivity index is 1.66. The third-order valence-electron chi connectivity index (χ3n) is 4.40. The number of ether oxygens (including phenoxy) is 1. The van der Waals surface area contributed by atoms with Crippen molar-refractivity contribution in [2.45, 2.75) is 18.9 Å². The van der Waals surface area contributed by atoms with E-state index in [0.717, 1.165) is 30.5 Å². The van der Waals surface area contributed by atoms with Gasteiger partial charge in [-0.15, -0.1) is 0 Å². The molecule has 3 rings (SSSR count). The van der Waals surface area contributed by atoms with Crippen LogP contribution in [-0.4, -0.2) is 37.2 Å². The highest BCUT2D eigenvalue weighted by Crippen LogP contribution is 2.28. The fourth-order valence-electron chi connectivity index (χ4n) is 2.98. The second-order valence-electron chi connectivity index (χ2n) is 6.05. The Morgan fingerprint density at radius 3 is 2.71 bits per heavy atom. The highest BCUT2D eigenvalue weighted by atomic mass is 19.1. The third-order valence-corrected chi connectivity index (χ3v) is 4.40. The molecular weight excluding hydrogens is 307 g/mol. The average Bonchev–Trinajstić information content (AvgIpc) is 2.99. The molecule has 4 nitrogen and oxygen atoms in total. The summed E-state index contributed by atoms with van der Waals surface area (Å²) in [6.07, 6.45) is 1.72. The molecular formula is C19H21FN2O2. The van der Waals surface area contributed by atoms with Gasteiger partial charge in [-0.05, 0) is 50.2 Å². The van der Waals surface area contributed by atoms with Gasteiger partial charge in [-0.2, -0.15) is 0 Å². The minimum Gasteiger partial charge on any atom is -0.448 e. The van der Waals surface area contributed by atoms with Gasteiger partial charge in [-0.25, -0.2) is 9.18 Å². The summed E-state index contributed by atoms with van der Waals surface area (Å²) >= 11 is 0. The molecule has 24 heavy (non-hydrogen) atoms. The van der Waals surface area contributed by atoms with Crippen molar-refractivity contribution in [1.29, 1.82) is 0 Å². The van der Waals surface area contributed by atoms with Gasteiger partial charge in [-0.1, -0.05) is 30.3 Å². The molecule has 0 radical (unpaired) electrons. The summed E-state index contributed by atoms with van der Waals surface area (Å²) in [6, 6.07) is 13.9. The molecule has 5 heteroatoms. The quantitative estimate of drug-likeness (QED) is 0.917. The average molecular weight is 328 g/mol. The Morgan fingerprint density at radius 1 is 1.25 bits per heavy atom. The number of nitrogens with one attached hydrogen (secondary N) is 1. The van der Waals surface area contributed by atoms with E-state index in [1.54, 1.807) is 12.1 Å². The molecule has 2 aromatic carbocycles. The Hall–Kier alpha value is -2.40. The molecule has 1 amide bonds. The third kappa shape index (κ3) is 3.92. The molecule has 1 aliphatic heterocycles. The molecule has 1 aliphatic rings. The van der Waals surface area contributed by atoms with E-state index in [2.05, 4.69) is 10.2 Å². The summed E-state index contributed by atoms with van der Waals surface area (Å²) in [5.41, 5.74) is 2.31. The van der Waals surface area contributed by atoms with Gasteiger partial charge in [0.2, 0.25) is 0 Å². The number of carbonyl (C=O) groups is 1. The van der Waals surface area contributed by atoms with Crippen LogP contribution < -0.4 is 5.32 Å². The van der Waals surface area contributed by atoms with Crippen LogP contribution in [0.4, 0.5) is 14.9 Å². The lowest BCUT2D eigenvalue weighted by Crippen LogP contribution is -2.31. The number of likely N-dealkylation sites (tertiary alicyclic amines) is 1. The van der Waals surface area contributed by atoms with Crippen molar-refractivity contribution < 1.29 is 13.9 Å². The van der Waals surface area contributed by atoms with E-state index in [1.165, 1.54) is 12.1 Å². The van der Waals surface area contributed by atoms with E-state index < -0.39 is 6.09 Å². The Morgan fingerprint density at radius 2 is 2.00 bits per heavy atom. The maximum absolute atomic E-state index is 13.1. The number of anilines is 1. The lowest BCUT2D eigenvalue weighted by atomic mass is 10.0. The smallest absolute Gasteiger partial charge is 0.411 e. The standard InChI is InChI=1S/C19H21FN2O2/c1-22-12-4-5-16(22)13-24-19(23)21-18-7-3-2-6-17(18)14-8-10-15(20)11-9-14/h2-3,6-11,16H,4-5,12-13H2,1H3,(H,21,23). The second-order valence-corrected chi connectivity index (χ2v) is 6.05. The van der Waals surface area contributed by atoms with Crippen LogP contribution in [0.2, 0.25) is 0 Å². The van der Waals surface area contributed by atoms with Gasteiger partial charge in [0.05, 0.1) is 5.69 Å². The zero-order valence-corrected chi connectivity index (χ0v) is 13.7. The highest BCUT2D eigenvalue weighted by Gasteiger charge is 2.22. The molecule has 0 saturated carbocycles. The summed E-state index contributed by atoms with van der Waals surface area (Å²) in [7, 11) is 2.04. The van der Waals surface area contributed by atoms with Crippen LogP contribution in [0.3, 0.4) is 0 Å². The van der Waals surface area contributed by atoms with Crippen LogP contribution in [0.25, 0.3) is 11.1 Å². The van der Waals surface area contributed by atoms with Gasteiger partial charge in [0.1, 0.15) is 12.4 Å². The molecule has 1 unspecified atom stereocenters. The van der Waals surface area contributed by atoms with Crippen molar-refractivity contribution >= 4 is 11.8 Å². The lowest BCUT2D eigenvalue weighted by Gasteiger charge is -2.19. The van der Waals surface area contributed by atoms with E-state index in [1.807, 2.05) is 31.3 Å². The number of para-hydroxylation sites is 1. The summed E-state index contributed by atoms with van der Waals surface area (Å²) in [4.78, 5) is 14.3. The Kier molecular flexibility index (Phi) is 5.11. The van der Waals surface area contributed by atoms with E-state index in [9.17, 15) is 9.18 Å². The highest BCUT2D eigenvalue weighted by molar-refractivity contribution is 5.91. The summed E-state index contributed by atoms with van der Waals surface area (Å²) in [5, 5.41) is 2.79. The number of likely N-dealkylation sites (N-methyl/N-ethyl adjacent to an activating group) is 1. The number of amides is 1. The first kappa shape index (κ1) is 16.5. The predicted molar refractivity (Wildman–Crippen MR) is 92.5 cm³/mol. The SMILES string of the molecule is CN1CCCC1COC(=O)Nc1ccccc1-c1ccc(F)cc1. The molecule has 0 bridgehead atoms. The van der Waals surface area contributed by atoms with E-state index >= 15 is 0 Å². The first-order valence-corrected chi connectivity index (χ1v) is 8.12. The largest absolute Gasteiger partial charge is 0.448 e. The number of halogens is 1. The Bertz CT molecular complexity index is 703. The fourth-order valence-corrected chi connectivity index (χ4v) is 2.98. The van der Waals surface area contributed by atoms with Crippen molar-refractivity contribution in [3.63, 3.8) is 0 Å². The van der Waals surface area contributed by atoms with Gasteiger partial charge in [0.15, 0.2) is 0 Å². The number of hydrogen-bond donors (Lipinski definition) is 1. The lowest BCUT2D eigenvalue weighted by molar-refractivity contribution is 0.127. The zero-order valence-electron chi connectivity index (χ0n) is 13.7. The maximum Gasteiger partial charge on any atom is 0.411 e. The molecule has 1 N–H and O–H groups in total. The first-order chi connectivity index (χ1) is 11.6. The van der Waals surface area contributed by atoms with Crippen LogP contribution in [-0.2, 0) is 4.74 Å². The van der Waals surface area contributed by atoms with Gasteiger partial charge in [0.25, 0.3) is 0 Å². The number of benzene rings is 2. The molecule has 0 aliphatic carbocycles. The van der Waals surface area contributed by atoms with Crippen LogP contribution in [0.1, 0.15) is 12.8 Å². The van der Waals surface area contributed by atoms with Gasteiger partial charge in [-0.3, -0.25) is 5.32 Å². The van der Waals surface area contributed by atoms with Gasteiger partial charge < -0.3 is 9.64 Å². The van der Waals surface area contributed by atoms with E-state index in [-0.39, 0.29) is 5.82 Å². The summed E-state index contributed by atoms with van der Waals surface area (Å²) in [6.45, 7) is 1.43. The minimum atomic E-state index is -0.468. The molecule has 1 fully saturated rings. The van der Waals surface area contributed by atoms with Crippen molar-refractivity contribution in [2.24, 2.45) is 0 Å². The molecule has 0 spiro atoms. The van der Waals surface area contributed by atoms with Crippen molar-refractivity contribution in [1.82, 2.24) is 4.90 Å². The van der Waals surface area contributed by atoms with Crippen LogP contribution in [0, 0.1) is 5.82 Å². The molecule has 0 aromatic heterocycles. The van der Waals surface area contributed by atoms with Crippen LogP contribution in [0.5, 0.6) is 0 Å². The molecule has 2 aromatic rings. The molecule has 126 valence electrons. The van der Waals surface area contributed by atoms with Crippen molar-refractivity contribution in [3.8, 4) is 11.1 Å². The van der Waals surface area contributed by atoms with Crippen molar-refractivity contribution in [3.05, 3.63) is 54.3 Å².